The third-order valence-electron chi connectivity index (χ3n) is 6.18. The number of rotatable bonds is 2. The molecule has 32 heavy (non-hydrogen) atoms. The van der Waals surface area contributed by atoms with Crippen molar-refractivity contribution in [3.05, 3.63) is 108 Å². The molecule has 160 valence electrons. The van der Waals surface area contributed by atoms with E-state index in [1.807, 2.05) is 0 Å². The second-order valence-corrected chi connectivity index (χ2v) is 8.22. The molecule has 0 saturated carbocycles. The van der Waals surface area contributed by atoms with Crippen LogP contribution in [-0.2, 0) is 11.2 Å². The van der Waals surface area contributed by atoms with Gasteiger partial charge in [-0.25, -0.2) is 9.79 Å². The van der Waals surface area contributed by atoms with Crippen LogP contribution in [-0.4, -0.2) is 12.6 Å². The van der Waals surface area contributed by atoms with E-state index in [4.69, 9.17) is 0 Å². The molecule has 0 amide bonds. The maximum atomic E-state index is 10.4. The molecule has 3 aromatic carbocycles. The number of aryl methyl sites for hydroxylation is 1. The third kappa shape index (κ3) is 5.22. The molecular weight excluding hydrogens is 390 g/mol. The van der Waals surface area contributed by atoms with Gasteiger partial charge in [-0.3, -0.25) is 0 Å². The minimum atomic E-state index is 0.362. The van der Waals surface area contributed by atoms with Gasteiger partial charge in [0.1, 0.15) is 0 Å². The van der Waals surface area contributed by atoms with Gasteiger partial charge >= 0.3 is 0 Å². The zero-order valence-electron chi connectivity index (χ0n) is 18.4. The number of benzene rings is 3. The summed E-state index contributed by atoms with van der Waals surface area (Å²) < 4.78 is 0. The number of hydrogen-bond donors (Lipinski definition) is 0. The van der Waals surface area contributed by atoms with E-state index in [2.05, 4.69) is 102 Å². The zero-order chi connectivity index (χ0) is 22.0. The van der Waals surface area contributed by atoms with Crippen molar-refractivity contribution in [3.8, 4) is 0 Å². The fourth-order valence-corrected chi connectivity index (χ4v) is 4.63. The van der Waals surface area contributed by atoms with Gasteiger partial charge in [0, 0.05) is 5.92 Å². The minimum Gasteiger partial charge on any atom is -0.211 e. The molecule has 0 N–H and O–H groups in total. The Balaban J connectivity index is 0.000000201. The summed E-state index contributed by atoms with van der Waals surface area (Å²) in [6.07, 6.45) is 24.1. The van der Waals surface area contributed by atoms with Gasteiger partial charge in [-0.2, -0.15) is 0 Å². The summed E-state index contributed by atoms with van der Waals surface area (Å²) in [5, 5.41) is 5.29. The lowest BCUT2D eigenvalue weighted by Gasteiger charge is -2.25. The van der Waals surface area contributed by atoms with Crippen molar-refractivity contribution in [2.24, 2.45) is 4.99 Å². The fraction of sp³-hybridized carbons (Fsp3) is 0.233. The molecule has 2 heteroatoms. The average Bonchev–Trinajstić information content (AvgIpc) is 3.61. The van der Waals surface area contributed by atoms with E-state index in [9.17, 15) is 4.79 Å². The van der Waals surface area contributed by atoms with Gasteiger partial charge in [0.05, 0.1) is 6.54 Å². The molecule has 3 aliphatic rings. The number of hydrogen-bond acceptors (Lipinski definition) is 2. The van der Waals surface area contributed by atoms with Crippen LogP contribution in [0.2, 0.25) is 0 Å². The molecule has 0 spiro atoms. The molecule has 0 bridgehead atoms. The highest BCUT2D eigenvalue weighted by Gasteiger charge is 2.22. The molecule has 2 nitrogen and oxygen atoms in total. The largest absolute Gasteiger partial charge is 0.234 e. The van der Waals surface area contributed by atoms with Gasteiger partial charge in [0.15, 0.2) is 0 Å². The predicted octanol–water partition coefficient (Wildman–Crippen LogP) is 7.75. The van der Waals surface area contributed by atoms with Crippen LogP contribution < -0.4 is 0 Å². The first kappa shape index (κ1) is 21.7. The number of nitrogens with zero attached hydrogens (tertiary/aromatic N) is 1. The van der Waals surface area contributed by atoms with Crippen LogP contribution in [0, 0.1) is 0 Å². The van der Waals surface area contributed by atoms with E-state index in [0.29, 0.717) is 12.5 Å². The second kappa shape index (κ2) is 11.2. The Kier molecular flexibility index (Phi) is 7.63. The molecule has 0 fully saturated rings. The number of aliphatic imine (C=N–C) groups is 1. The quantitative estimate of drug-likeness (QED) is 0.237. The Morgan fingerprint density at radius 3 is 2.12 bits per heavy atom. The highest BCUT2D eigenvalue weighted by Crippen LogP contribution is 2.38. The van der Waals surface area contributed by atoms with Crippen molar-refractivity contribution < 1.29 is 4.79 Å². The number of isocyanates is 1. The summed E-state index contributed by atoms with van der Waals surface area (Å²) in [6.45, 7) is 0.565. The van der Waals surface area contributed by atoms with E-state index in [1.54, 1.807) is 6.08 Å². The fourth-order valence-electron chi connectivity index (χ4n) is 4.63. The molecular formula is C30H29NO. The maximum Gasteiger partial charge on any atom is 0.234 e. The smallest absolute Gasteiger partial charge is 0.211 e. The van der Waals surface area contributed by atoms with Gasteiger partial charge in [-0.1, -0.05) is 97.1 Å². The Bertz CT molecular complexity index is 1200. The van der Waals surface area contributed by atoms with Crippen LogP contribution in [0.1, 0.15) is 42.7 Å². The lowest BCUT2D eigenvalue weighted by Crippen LogP contribution is -2.12. The van der Waals surface area contributed by atoms with Crippen LogP contribution in [0.3, 0.4) is 0 Å². The SMILES string of the molecule is C1=CCC=C1.C1=CCC=C1.O=C=NCC1CCCc2c1ccc1c2ccc2ccccc21. The third-order valence-corrected chi connectivity index (χ3v) is 6.18. The Labute approximate surface area is 190 Å². The predicted molar refractivity (Wildman–Crippen MR) is 136 cm³/mol. The van der Waals surface area contributed by atoms with Gasteiger partial charge in [0.2, 0.25) is 6.08 Å². The highest BCUT2D eigenvalue weighted by atomic mass is 16.1. The lowest BCUT2D eigenvalue weighted by molar-refractivity contribution is 0.545. The van der Waals surface area contributed by atoms with Crippen molar-refractivity contribution in [3.63, 3.8) is 0 Å². The molecule has 0 radical (unpaired) electrons. The van der Waals surface area contributed by atoms with Crippen molar-refractivity contribution in [2.75, 3.05) is 6.54 Å². The van der Waals surface area contributed by atoms with Crippen molar-refractivity contribution in [2.45, 2.75) is 38.0 Å². The number of allylic oxidation sites excluding steroid dienone is 8. The Morgan fingerprint density at radius 2 is 1.47 bits per heavy atom. The normalized spacial score (nSPS) is 17.3. The summed E-state index contributed by atoms with van der Waals surface area (Å²) in [7, 11) is 0. The highest BCUT2D eigenvalue weighted by molar-refractivity contribution is 6.08. The minimum absolute atomic E-state index is 0.362. The van der Waals surface area contributed by atoms with Crippen LogP contribution in [0.4, 0.5) is 0 Å². The standard InChI is InChI=1S/C20H17NO.2C5H6/c22-13-21-12-15-5-3-7-18-17(15)10-11-19-16-6-2-1-4-14(16)8-9-20(18)19;2*1-2-4-5-3-1/h1-2,4,6,8-11,15H,3,5,7,12H2;2*1-4H,5H2. The summed E-state index contributed by atoms with van der Waals surface area (Å²) in [5.74, 6) is 0.362. The molecule has 3 aromatic rings. The van der Waals surface area contributed by atoms with Crippen molar-refractivity contribution >= 4 is 27.6 Å². The molecule has 0 heterocycles. The van der Waals surface area contributed by atoms with E-state index in [-0.39, 0.29) is 0 Å². The Hall–Kier alpha value is -3.48. The molecule has 0 saturated heterocycles. The van der Waals surface area contributed by atoms with Gasteiger partial charge in [0.25, 0.3) is 0 Å². The first-order valence-electron chi connectivity index (χ1n) is 11.5. The maximum absolute atomic E-state index is 10.4. The molecule has 0 aromatic heterocycles. The topological polar surface area (TPSA) is 29.4 Å². The number of carbonyl (C=O) groups excluding carboxylic acids is 1. The average molecular weight is 420 g/mol. The van der Waals surface area contributed by atoms with Gasteiger partial charge < -0.3 is 0 Å². The molecule has 6 rings (SSSR count). The van der Waals surface area contributed by atoms with E-state index < -0.39 is 0 Å². The molecule has 1 unspecified atom stereocenters. The summed E-state index contributed by atoms with van der Waals surface area (Å²) in [5.41, 5.74) is 2.81. The number of fused-ring (bicyclic) bond motifs is 5. The molecule has 1 atom stereocenters. The first-order valence-corrected chi connectivity index (χ1v) is 11.5. The van der Waals surface area contributed by atoms with Gasteiger partial charge in [-0.05, 0) is 64.8 Å². The molecule has 0 aliphatic heterocycles. The van der Waals surface area contributed by atoms with E-state index in [1.165, 1.54) is 32.7 Å². The van der Waals surface area contributed by atoms with E-state index >= 15 is 0 Å². The van der Waals surface area contributed by atoms with E-state index in [0.717, 1.165) is 32.1 Å². The van der Waals surface area contributed by atoms with Crippen LogP contribution >= 0.6 is 0 Å². The zero-order valence-corrected chi connectivity index (χ0v) is 18.4. The summed E-state index contributed by atoms with van der Waals surface area (Å²) in [6, 6.07) is 17.5. The summed E-state index contributed by atoms with van der Waals surface area (Å²) in [4.78, 5) is 14.2. The van der Waals surface area contributed by atoms with Crippen molar-refractivity contribution in [1.29, 1.82) is 0 Å². The lowest BCUT2D eigenvalue weighted by atomic mass is 9.80. The molecule has 3 aliphatic carbocycles. The second-order valence-electron chi connectivity index (χ2n) is 8.22. The summed E-state index contributed by atoms with van der Waals surface area (Å²) >= 11 is 0. The van der Waals surface area contributed by atoms with Crippen LogP contribution in [0.25, 0.3) is 21.5 Å². The van der Waals surface area contributed by atoms with Crippen LogP contribution in [0.15, 0.2) is 102 Å². The Morgan fingerprint density at radius 1 is 0.781 bits per heavy atom. The van der Waals surface area contributed by atoms with Crippen molar-refractivity contribution in [1.82, 2.24) is 0 Å². The first-order chi connectivity index (χ1) is 15.9. The van der Waals surface area contributed by atoms with Crippen LogP contribution in [0.5, 0.6) is 0 Å². The monoisotopic (exact) mass is 419 g/mol. The van der Waals surface area contributed by atoms with Gasteiger partial charge in [-0.15, -0.1) is 0 Å².